The summed E-state index contributed by atoms with van der Waals surface area (Å²) in [5.41, 5.74) is 3.73. The summed E-state index contributed by atoms with van der Waals surface area (Å²) >= 11 is 0. The summed E-state index contributed by atoms with van der Waals surface area (Å²) in [7, 11) is 0. The van der Waals surface area contributed by atoms with E-state index in [4.69, 9.17) is 9.47 Å². The smallest absolute Gasteiger partial charge is 0.349 e. The molecule has 3 aliphatic heterocycles. The van der Waals surface area contributed by atoms with Gasteiger partial charge in [-0.3, -0.25) is 9.78 Å². The summed E-state index contributed by atoms with van der Waals surface area (Å²) in [4.78, 5) is 35.0. The average Bonchev–Trinajstić information content (AvgIpc) is 3.20. The second-order valence-corrected chi connectivity index (χ2v) is 7.60. The molecule has 158 valence electrons. The van der Waals surface area contributed by atoms with E-state index >= 15 is 0 Å². The molecular formula is C22H21N5O4. The van der Waals surface area contributed by atoms with Crippen LogP contribution in [0.25, 0.3) is 22.6 Å². The molecule has 0 saturated heterocycles. The van der Waals surface area contributed by atoms with Crippen LogP contribution in [0.5, 0.6) is 11.5 Å². The Morgan fingerprint density at radius 1 is 1.06 bits per heavy atom. The number of benzene rings is 2. The van der Waals surface area contributed by atoms with Gasteiger partial charge < -0.3 is 19.4 Å². The number of nitrogens with zero attached hydrogens (tertiary/aromatic N) is 3. The fourth-order valence-corrected chi connectivity index (χ4v) is 3.75. The van der Waals surface area contributed by atoms with Crippen molar-refractivity contribution in [1.82, 2.24) is 24.8 Å². The summed E-state index contributed by atoms with van der Waals surface area (Å²) < 4.78 is 12.6. The van der Waals surface area contributed by atoms with Crippen molar-refractivity contribution in [2.24, 2.45) is 0 Å². The number of aromatic nitrogens is 4. The third kappa shape index (κ3) is 3.53. The number of hydrogen-bond donors (Lipinski definition) is 2. The zero-order chi connectivity index (χ0) is 21.5. The molecule has 0 aliphatic carbocycles. The number of nitrogens with one attached hydrogen (secondary N) is 2. The maximum absolute atomic E-state index is 12.3. The normalized spacial score (nSPS) is 12.7. The summed E-state index contributed by atoms with van der Waals surface area (Å²) in [6, 6.07) is 9.81. The van der Waals surface area contributed by atoms with Crippen LogP contribution in [-0.2, 0) is 13.1 Å². The molecule has 0 aromatic heterocycles. The summed E-state index contributed by atoms with van der Waals surface area (Å²) in [5, 5.41) is 3.40. The highest BCUT2D eigenvalue weighted by Gasteiger charge is 2.19. The third-order valence-corrected chi connectivity index (χ3v) is 5.50. The van der Waals surface area contributed by atoms with E-state index in [0.29, 0.717) is 25.2 Å². The molecule has 2 aromatic carbocycles. The Balaban J connectivity index is 1.45. The first-order valence-electron chi connectivity index (χ1n) is 10.0. The van der Waals surface area contributed by atoms with Crippen LogP contribution in [-0.4, -0.2) is 32.9 Å². The minimum atomic E-state index is -0.676. The fraction of sp³-hybridized carbons (Fsp3) is 0.273. The highest BCUT2D eigenvalue weighted by molar-refractivity contribution is 5.81. The number of hydrogen-bond acceptors (Lipinski definition) is 7. The van der Waals surface area contributed by atoms with Crippen LogP contribution >= 0.6 is 0 Å². The first-order chi connectivity index (χ1) is 15.0. The molecule has 2 aromatic rings. The van der Waals surface area contributed by atoms with Gasteiger partial charge in [0.2, 0.25) is 6.79 Å². The Kier molecular flexibility index (Phi) is 4.67. The molecule has 9 nitrogen and oxygen atoms in total. The summed E-state index contributed by atoms with van der Waals surface area (Å²) in [5.74, 6) is 1.79. The predicted molar refractivity (Wildman–Crippen MR) is 115 cm³/mol. The second kappa shape index (κ2) is 7.51. The van der Waals surface area contributed by atoms with Gasteiger partial charge in [-0.1, -0.05) is 6.07 Å². The quantitative estimate of drug-likeness (QED) is 0.374. The molecular weight excluding hydrogens is 398 g/mol. The monoisotopic (exact) mass is 419 g/mol. The lowest BCUT2D eigenvalue weighted by molar-refractivity contribution is 0.174. The van der Waals surface area contributed by atoms with Crippen LogP contribution in [0, 0.1) is 13.8 Å². The molecule has 0 unspecified atom stereocenters. The number of ether oxygens (including phenoxy) is 2. The van der Waals surface area contributed by atoms with Gasteiger partial charge in [-0.15, -0.1) is 0 Å². The van der Waals surface area contributed by atoms with Crippen LogP contribution < -0.4 is 26.0 Å². The lowest BCUT2D eigenvalue weighted by Crippen LogP contribution is -2.30. The van der Waals surface area contributed by atoms with Crippen molar-refractivity contribution in [3.8, 4) is 23.0 Å². The van der Waals surface area contributed by atoms with Gasteiger partial charge >= 0.3 is 5.69 Å². The maximum Gasteiger partial charge on any atom is 0.349 e. The lowest BCUT2D eigenvalue weighted by atomic mass is 10.1. The zero-order valence-electron chi connectivity index (χ0n) is 17.2. The summed E-state index contributed by atoms with van der Waals surface area (Å²) in [6.45, 7) is 6.02. The average molecular weight is 419 g/mol. The Morgan fingerprint density at radius 3 is 2.74 bits per heavy atom. The van der Waals surface area contributed by atoms with Crippen molar-refractivity contribution in [3.05, 3.63) is 67.9 Å². The van der Waals surface area contributed by atoms with Crippen LogP contribution in [0.15, 0.2) is 39.9 Å². The van der Waals surface area contributed by atoms with E-state index in [2.05, 4.69) is 20.3 Å². The van der Waals surface area contributed by atoms with Crippen LogP contribution in [0.3, 0.4) is 0 Å². The van der Waals surface area contributed by atoms with E-state index in [9.17, 15) is 9.59 Å². The van der Waals surface area contributed by atoms with Crippen molar-refractivity contribution < 1.29 is 9.47 Å². The fourth-order valence-electron chi connectivity index (χ4n) is 3.75. The number of fused-ring (bicyclic) bond motifs is 3. The molecule has 0 fully saturated rings. The molecule has 0 radical (unpaired) electrons. The van der Waals surface area contributed by atoms with Gasteiger partial charge in [0.25, 0.3) is 5.56 Å². The first-order valence-corrected chi connectivity index (χ1v) is 10.0. The molecule has 5 rings (SSSR count). The molecule has 0 bridgehead atoms. The molecule has 3 aliphatic rings. The molecule has 0 saturated carbocycles. The third-order valence-electron chi connectivity index (χ3n) is 5.50. The highest BCUT2D eigenvalue weighted by Crippen LogP contribution is 2.32. The van der Waals surface area contributed by atoms with Gasteiger partial charge in [0.1, 0.15) is 0 Å². The number of aryl methyl sites for hydroxylation is 2. The molecule has 0 spiro atoms. The number of H-pyrrole nitrogens is 1. The predicted octanol–water partition coefficient (Wildman–Crippen LogP) is 1.72. The van der Waals surface area contributed by atoms with Gasteiger partial charge in [-0.25, -0.2) is 9.78 Å². The number of rotatable bonds is 5. The van der Waals surface area contributed by atoms with Gasteiger partial charge in [0.15, 0.2) is 23.0 Å². The minimum absolute atomic E-state index is 0.158. The molecule has 3 heterocycles. The van der Waals surface area contributed by atoms with E-state index in [-0.39, 0.29) is 18.3 Å². The van der Waals surface area contributed by atoms with E-state index in [1.54, 1.807) is 0 Å². The second-order valence-electron chi connectivity index (χ2n) is 7.60. The largest absolute Gasteiger partial charge is 0.454 e. The highest BCUT2D eigenvalue weighted by atomic mass is 16.7. The van der Waals surface area contributed by atoms with Gasteiger partial charge in [0.05, 0.1) is 11.0 Å². The van der Waals surface area contributed by atoms with Crippen LogP contribution in [0.2, 0.25) is 0 Å². The Morgan fingerprint density at radius 2 is 1.87 bits per heavy atom. The Bertz CT molecular complexity index is 1390. The van der Waals surface area contributed by atoms with Gasteiger partial charge in [-0.2, -0.15) is 4.98 Å². The molecule has 2 N–H and O–H groups in total. The molecule has 0 amide bonds. The van der Waals surface area contributed by atoms with Crippen molar-refractivity contribution in [2.75, 3.05) is 13.3 Å². The van der Waals surface area contributed by atoms with Crippen molar-refractivity contribution >= 4 is 11.0 Å². The zero-order valence-corrected chi connectivity index (χ0v) is 17.2. The van der Waals surface area contributed by atoms with E-state index in [1.165, 1.54) is 0 Å². The molecule has 31 heavy (non-hydrogen) atoms. The van der Waals surface area contributed by atoms with Crippen LogP contribution in [0.1, 0.15) is 16.7 Å². The first kappa shape index (κ1) is 19.3. The molecule has 9 heteroatoms. The summed E-state index contributed by atoms with van der Waals surface area (Å²) in [6.07, 6.45) is 0. The topological polar surface area (TPSA) is 111 Å². The van der Waals surface area contributed by atoms with Gasteiger partial charge in [0, 0.05) is 19.6 Å². The SMILES string of the molecule is Cc1cc2nc3c(=O)[nH]c(=O)nc-3n(CCNCc3ccc4c(c3)OCO4)c2cc1C. The van der Waals surface area contributed by atoms with E-state index < -0.39 is 11.2 Å². The van der Waals surface area contributed by atoms with Crippen molar-refractivity contribution in [3.63, 3.8) is 0 Å². The van der Waals surface area contributed by atoms with E-state index in [0.717, 1.165) is 33.7 Å². The van der Waals surface area contributed by atoms with Crippen molar-refractivity contribution in [1.29, 1.82) is 0 Å². The van der Waals surface area contributed by atoms with E-state index in [1.807, 2.05) is 48.7 Å². The minimum Gasteiger partial charge on any atom is -0.454 e. The number of aromatic amines is 1. The van der Waals surface area contributed by atoms with Crippen molar-refractivity contribution in [2.45, 2.75) is 26.9 Å². The Labute approximate surface area is 177 Å². The lowest BCUT2D eigenvalue weighted by Gasteiger charge is -2.18. The maximum atomic E-state index is 12.3. The standard InChI is InChI=1S/C22H21N5O4/c1-12-7-15-16(8-13(12)2)27(20-19(24-15)21(28)26-22(29)25-20)6-5-23-10-14-3-4-17-18(9-14)31-11-30-17/h3-4,7-9,23H,5-6,10-11H2,1-2H3,(H,26,28,29). The Hall–Kier alpha value is -3.72. The molecule has 0 atom stereocenters. The van der Waals surface area contributed by atoms with Gasteiger partial charge in [-0.05, 0) is 54.8 Å². The van der Waals surface area contributed by atoms with Crippen LogP contribution in [0.4, 0.5) is 0 Å².